The fourth-order valence-electron chi connectivity index (χ4n) is 7.38. The molecule has 59 heavy (non-hydrogen) atoms. The van der Waals surface area contributed by atoms with Gasteiger partial charge in [-0.2, -0.15) is 0 Å². The summed E-state index contributed by atoms with van der Waals surface area (Å²) in [5.41, 5.74) is 14.3. The first-order chi connectivity index (χ1) is 30.9. The molecule has 0 fully saturated rings. The number of rotatable bonds is 7. The molecule has 1 radical (unpaired) electrons. The third-order valence-electron chi connectivity index (χ3n) is 10.1. The Hall–Kier alpha value is -6.23. The third kappa shape index (κ3) is 8.51. The molecule has 0 aliphatic carbocycles. The van der Waals surface area contributed by atoms with Gasteiger partial charge in [0.25, 0.3) is 0 Å². The SMILES string of the molecule is Cc1cc(-c2ccccc2)c(-n2c(-c3[c-]sc4cc(Cc5ccccc5)ccc34)nc3ccccc32)c(-c2ccccc2)c1.[2H]C([2H])([2H])c1c[c-]c(-c2ccc(C([2H])([2H])[2H])cn2)cc1.[Ir]. The standard InChI is InChI=1S/C41H29N2S.C13H12N.Ir/c1-28-23-34(31-15-7-3-8-16-31)40(35(24-28)32-17-9-4-10-18-32)43-38-20-12-11-19-37(38)42-41(43)36-27-44-39-26-30(21-22-33(36)39)25-29-13-5-2-6-14-29;1-10-3-6-12(7-4-10)13-8-5-11(2)9-14-13;/h2-24,26H,25H2,1H3;3-6,8-9H,1-2H3;/q2*-1;/i;1D3,2D3;. The number of benzene rings is 7. The van der Waals surface area contributed by atoms with Crippen molar-refractivity contribution in [3.63, 3.8) is 0 Å². The fraction of sp³-hybridized carbons (Fsp3) is 0.0741. The molecule has 0 aliphatic rings. The molecule has 5 heteroatoms. The van der Waals surface area contributed by atoms with Crippen LogP contribution in [0.2, 0.25) is 0 Å². The second-order valence-electron chi connectivity index (χ2n) is 14.2. The maximum Gasteiger partial charge on any atom is 0.0774 e. The van der Waals surface area contributed by atoms with E-state index in [1.807, 2.05) is 0 Å². The molecule has 289 valence electrons. The van der Waals surface area contributed by atoms with Gasteiger partial charge in [0.15, 0.2) is 0 Å². The van der Waals surface area contributed by atoms with Crippen LogP contribution >= 0.6 is 11.3 Å². The van der Waals surface area contributed by atoms with E-state index in [-0.39, 0.29) is 31.2 Å². The van der Waals surface area contributed by atoms with Gasteiger partial charge in [0.05, 0.1) is 22.5 Å². The van der Waals surface area contributed by atoms with Crippen LogP contribution in [-0.4, -0.2) is 14.5 Å². The number of hydrogen-bond acceptors (Lipinski definition) is 3. The van der Waals surface area contributed by atoms with Crippen LogP contribution in [0.15, 0.2) is 182 Å². The minimum Gasteiger partial charge on any atom is -0.332 e. The van der Waals surface area contributed by atoms with Crippen LogP contribution in [0.5, 0.6) is 0 Å². The number of aromatic nitrogens is 3. The van der Waals surface area contributed by atoms with E-state index in [1.165, 1.54) is 73.4 Å². The molecular formula is C54H41IrN3S-2. The summed E-state index contributed by atoms with van der Waals surface area (Å²) >= 11 is 1.67. The number of thiophene rings is 1. The van der Waals surface area contributed by atoms with Crippen molar-refractivity contribution in [1.29, 1.82) is 0 Å². The number of nitrogens with zero attached hydrogens (tertiary/aromatic N) is 3. The Morgan fingerprint density at radius 1 is 0.644 bits per heavy atom. The molecule has 0 amide bonds. The van der Waals surface area contributed by atoms with Gasteiger partial charge < -0.3 is 9.55 Å². The first-order valence-electron chi connectivity index (χ1n) is 22.1. The number of aryl methyl sites for hydroxylation is 3. The number of fused-ring (bicyclic) bond motifs is 2. The Morgan fingerprint density at radius 3 is 1.95 bits per heavy atom. The average molecular weight is 962 g/mol. The van der Waals surface area contributed by atoms with E-state index in [1.54, 1.807) is 23.5 Å². The molecule has 0 N–H and O–H groups in total. The molecule has 0 spiro atoms. The Bertz CT molecular complexity index is 3080. The van der Waals surface area contributed by atoms with E-state index in [2.05, 4.69) is 174 Å². The topological polar surface area (TPSA) is 30.7 Å². The molecule has 3 nitrogen and oxygen atoms in total. The summed E-state index contributed by atoms with van der Waals surface area (Å²) in [6, 6.07) is 62.4. The maximum atomic E-state index is 7.28. The first kappa shape index (κ1) is 32.7. The van der Waals surface area contributed by atoms with Crippen LogP contribution in [-0.2, 0) is 26.5 Å². The van der Waals surface area contributed by atoms with Gasteiger partial charge in [0, 0.05) is 45.7 Å². The molecular weight excluding hydrogens is 915 g/mol. The van der Waals surface area contributed by atoms with Gasteiger partial charge in [-0.3, -0.25) is 16.3 Å². The van der Waals surface area contributed by atoms with Crippen LogP contribution in [0.3, 0.4) is 0 Å². The summed E-state index contributed by atoms with van der Waals surface area (Å²) in [4.78, 5) is 9.38. The Balaban J connectivity index is 0.000000232. The van der Waals surface area contributed by atoms with Gasteiger partial charge in [-0.25, -0.2) is 0 Å². The van der Waals surface area contributed by atoms with Crippen LogP contribution in [0.4, 0.5) is 0 Å². The minimum atomic E-state index is -2.18. The van der Waals surface area contributed by atoms with E-state index in [0.717, 1.165) is 34.5 Å². The molecule has 10 aromatic rings. The molecule has 0 saturated carbocycles. The number of imidazole rings is 1. The van der Waals surface area contributed by atoms with Gasteiger partial charge in [0.2, 0.25) is 0 Å². The third-order valence-corrected chi connectivity index (χ3v) is 11.0. The molecule has 0 aliphatic heterocycles. The van der Waals surface area contributed by atoms with Crippen molar-refractivity contribution in [3.8, 4) is 50.6 Å². The van der Waals surface area contributed by atoms with Crippen LogP contribution in [0.25, 0.3) is 71.7 Å². The van der Waals surface area contributed by atoms with Crippen LogP contribution in [0, 0.1) is 32.1 Å². The number of hydrogen-bond donors (Lipinski definition) is 0. The molecule has 0 unspecified atom stereocenters. The largest absolute Gasteiger partial charge is 0.332 e. The Labute approximate surface area is 372 Å². The van der Waals surface area contributed by atoms with Gasteiger partial charge >= 0.3 is 0 Å². The smallest absolute Gasteiger partial charge is 0.0774 e. The summed E-state index contributed by atoms with van der Waals surface area (Å²) in [6.45, 7) is -2.16. The van der Waals surface area contributed by atoms with Gasteiger partial charge in [-0.05, 0) is 78.0 Å². The van der Waals surface area contributed by atoms with Crippen molar-refractivity contribution in [2.75, 3.05) is 0 Å². The van der Waals surface area contributed by atoms with Gasteiger partial charge in [-0.15, -0.1) is 46.8 Å². The number of para-hydroxylation sites is 2. The summed E-state index contributed by atoms with van der Waals surface area (Å²) in [5, 5.41) is 4.86. The van der Waals surface area contributed by atoms with Gasteiger partial charge in [0.1, 0.15) is 0 Å². The quantitative estimate of drug-likeness (QED) is 0.149. The molecule has 7 aromatic carbocycles. The van der Waals surface area contributed by atoms with Crippen molar-refractivity contribution < 1.29 is 28.3 Å². The van der Waals surface area contributed by atoms with E-state index < -0.39 is 13.7 Å². The monoisotopic (exact) mass is 962 g/mol. The van der Waals surface area contributed by atoms with E-state index in [4.69, 9.17) is 13.2 Å². The maximum absolute atomic E-state index is 7.28. The minimum absolute atomic E-state index is 0. The van der Waals surface area contributed by atoms with Crippen molar-refractivity contribution >= 4 is 32.5 Å². The van der Waals surface area contributed by atoms with Gasteiger partial charge in [-0.1, -0.05) is 155 Å². The normalized spacial score (nSPS) is 12.8. The van der Waals surface area contributed by atoms with Crippen LogP contribution < -0.4 is 0 Å². The summed E-state index contributed by atoms with van der Waals surface area (Å²) < 4.78 is 47.2. The molecule has 0 bridgehead atoms. The fourth-order valence-corrected chi connectivity index (χ4v) is 8.28. The predicted molar refractivity (Wildman–Crippen MR) is 244 cm³/mol. The molecule has 0 saturated heterocycles. The molecule has 10 rings (SSSR count). The molecule has 3 heterocycles. The van der Waals surface area contributed by atoms with Crippen molar-refractivity contribution in [3.05, 3.63) is 221 Å². The zero-order valence-electron chi connectivity index (χ0n) is 38.1. The summed E-state index contributed by atoms with van der Waals surface area (Å²) in [7, 11) is 0. The van der Waals surface area contributed by atoms with E-state index >= 15 is 0 Å². The second kappa shape index (κ2) is 17.7. The molecule has 3 aromatic heterocycles. The predicted octanol–water partition coefficient (Wildman–Crippen LogP) is 14.1. The van der Waals surface area contributed by atoms with Crippen molar-refractivity contribution in [1.82, 2.24) is 14.5 Å². The molecule has 0 atom stereocenters. The zero-order valence-corrected chi connectivity index (χ0v) is 35.3. The summed E-state index contributed by atoms with van der Waals surface area (Å²) in [5.74, 6) is 0.909. The first-order valence-corrected chi connectivity index (χ1v) is 19.9. The summed E-state index contributed by atoms with van der Waals surface area (Å²) in [6.07, 6.45) is 2.21. The van der Waals surface area contributed by atoms with Crippen molar-refractivity contribution in [2.24, 2.45) is 0 Å². The van der Waals surface area contributed by atoms with Crippen molar-refractivity contribution in [2.45, 2.75) is 27.0 Å². The van der Waals surface area contributed by atoms with Crippen LogP contribution in [0.1, 0.15) is 36.0 Å². The second-order valence-corrected chi connectivity index (χ2v) is 15.0. The van der Waals surface area contributed by atoms with E-state index in [0.29, 0.717) is 11.3 Å². The Kier molecular flexibility index (Phi) is 9.82. The number of pyridine rings is 1. The Morgan fingerprint density at radius 2 is 1.31 bits per heavy atom. The average Bonchev–Trinajstić information content (AvgIpc) is 3.91. The van der Waals surface area contributed by atoms with E-state index in [9.17, 15) is 0 Å². The zero-order chi connectivity index (χ0) is 44.4.